The summed E-state index contributed by atoms with van der Waals surface area (Å²) >= 11 is 6.10. The van der Waals surface area contributed by atoms with Gasteiger partial charge in [-0.1, -0.05) is 41.9 Å². The van der Waals surface area contributed by atoms with Crippen LogP contribution in [0, 0.1) is 5.82 Å². The van der Waals surface area contributed by atoms with Crippen molar-refractivity contribution in [2.75, 3.05) is 11.9 Å². The standard InChI is InChI=1S/C24H21ClF4N2O4S/c1-2-35-22-11-9-17(14-19(22)25)36(33,34)31-21(12-15-6-4-3-5-7-15)23(32)30-16-8-10-20(26)18(13-16)24(27,28)29/h3-11,13-14,21,31H,2,12H2,1H3,(H,30,32)/t21-/m1/s1. The number of amides is 1. The van der Waals surface area contributed by atoms with Crippen LogP contribution in [0.1, 0.15) is 18.1 Å². The lowest BCUT2D eigenvalue weighted by Crippen LogP contribution is -2.45. The molecule has 36 heavy (non-hydrogen) atoms. The molecule has 192 valence electrons. The van der Waals surface area contributed by atoms with E-state index in [0.717, 1.165) is 12.1 Å². The van der Waals surface area contributed by atoms with Gasteiger partial charge in [0, 0.05) is 5.69 Å². The van der Waals surface area contributed by atoms with E-state index in [9.17, 15) is 30.8 Å². The third-order valence-electron chi connectivity index (χ3n) is 4.95. The van der Waals surface area contributed by atoms with Crippen LogP contribution in [0.25, 0.3) is 0 Å². The van der Waals surface area contributed by atoms with Crippen molar-refractivity contribution < 1.29 is 35.5 Å². The summed E-state index contributed by atoms with van der Waals surface area (Å²) in [6.45, 7) is 2.04. The summed E-state index contributed by atoms with van der Waals surface area (Å²) in [5, 5.41) is 2.27. The smallest absolute Gasteiger partial charge is 0.419 e. The molecule has 3 aromatic rings. The largest absolute Gasteiger partial charge is 0.492 e. The predicted octanol–water partition coefficient (Wildman–Crippen LogP) is 5.42. The minimum absolute atomic E-state index is 0.0368. The zero-order chi connectivity index (χ0) is 26.5. The third-order valence-corrected chi connectivity index (χ3v) is 6.71. The lowest BCUT2D eigenvalue weighted by Gasteiger charge is -2.20. The van der Waals surface area contributed by atoms with Crippen LogP contribution < -0.4 is 14.8 Å². The molecule has 1 atom stereocenters. The number of hydrogen-bond donors (Lipinski definition) is 2. The Morgan fingerprint density at radius 3 is 2.36 bits per heavy atom. The van der Waals surface area contributed by atoms with Gasteiger partial charge in [0.25, 0.3) is 0 Å². The summed E-state index contributed by atoms with van der Waals surface area (Å²) in [7, 11) is -4.30. The SMILES string of the molecule is CCOc1ccc(S(=O)(=O)N[C@H](Cc2ccccc2)C(=O)Nc2ccc(F)c(C(F)(F)F)c2)cc1Cl. The molecule has 0 bridgehead atoms. The van der Waals surface area contributed by atoms with Gasteiger partial charge in [0.1, 0.15) is 17.6 Å². The maximum Gasteiger partial charge on any atom is 0.419 e. The van der Waals surface area contributed by atoms with Gasteiger partial charge in [-0.15, -0.1) is 0 Å². The third kappa shape index (κ3) is 6.96. The maximum atomic E-state index is 13.6. The van der Waals surface area contributed by atoms with Crippen LogP contribution in [0.4, 0.5) is 23.2 Å². The van der Waals surface area contributed by atoms with Crippen molar-refractivity contribution in [1.82, 2.24) is 4.72 Å². The van der Waals surface area contributed by atoms with Crippen molar-refractivity contribution in [2.24, 2.45) is 0 Å². The highest BCUT2D eigenvalue weighted by Crippen LogP contribution is 2.33. The molecule has 3 aromatic carbocycles. The molecule has 0 radical (unpaired) electrons. The lowest BCUT2D eigenvalue weighted by molar-refractivity contribution is -0.140. The van der Waals surface area contributed by atoms with Gasteiger partial charge in [0.15, 0.2) is 0 Å². The number of benzene rings is 3. The molecule has 12 heteroatoms. The van der Waals surface area contributed by atoms with E-state index in [0.29, 0.717) is 24.3 Å². The number of carbonyl (C=O) groups excluding carboxylic acids is 1. The number of halogens is 5. The van der Waals surface area contributed by atoms with E-state index in [1.807, 2.05) is 0 Å². The average molecular weight is 545 g/mol. The Labute approximate surface area is 210 Å². The van der Waals surface area contributed by atoms with Gasteiger partial charge >= 0.3 is 6.18 Å². The van der Waals surface area contributed by atoms with Crippen LogP contribution in [-0.4, -0.2) is 27.0 Å². The minimum Gasteiger partial charge on any atom is -0.492 e. The highest BCUT2D eigenvalue weighted by molar-refractivity contribution is 7.89. The number of alkyl halides is 3. The molecule has 0 fully saturated rings. The molecule has 0 saturated carbocycles. The van der Waals surface area contributed by atoms with E-state index in [1.54, 1.807) is 37.3 Å². The quantitative estimate of drug-likeness (QED) is 0.352. The van der Waals surface area contributed by atoms with E-state index in [1.165, 1.54) is 12.1 Å². The molecule has 2 N–H and O–H groups in total. The van der Waals surface area contributed by atoms with Crippen molar-refractivity contribution in [3.8, 4) is 5.75 Å². The molecule has 0 saturated heterocycles. The number of rotatable bonds is 9. The number of hydrogen-bond acceptors (Lipinski definition) is 4. The van der Waals surface area contributed by atoms with Gasteiger partial charge < -0.3 is 10.1 Å². The van der Waals surface area contributed by atoms with Crippen LogP contribution >= 0.6 is 11.6 Å². The Balaban J connectivity index is 1.90. The van der Waals surface area contributed by atoms with Gasteiger partial charge in [-0.05, 0) is 55.3 Å². The molecule has 3 rings (SSSR count). The Morgan fingerprint density at radius 1 is 1.06 bits per heavy atom. The highest BCUT2D eigenvalue weighted by Gasteiger charge is 2.35. The molecule has 0 spiro atoms. The first-order valence-electron chi connectivity index (χ1n) is 10.6. The second-order valence-electron chi connectivity index (χ2n) is 7.57. The van der Waals surface area contributed by atoms with E-state index in [-0.39, 0.29) is 27.8 Å². The number of carbonyl (C=O) groups is 1. The molecule has 0 aliphatic heterocycles. The minimum atomic E-state index is -4.98. The monoisotopic (exact) mass is 544 g/mol. The average Bonchev–Trinajstić information content (AvgIpc) is 2.81. The number of nitrogens with one attached hydrogen (secondary N) is 2. The zero-order valence-electron chi connectivity index (χ0n) is 18.8. The number of ether oxygens (including phenoxy) is 1. The number of anilines is 1. The molecule has 6 nitrogen and oxygen atoms in total. The van der Waals surface area contributed by atoms with Crippen LogP contribution in [0.15, 0.2) is 71.6 Å². The topological polar surface area (TPSA) is 84.5 Å². The van der Waals surface area contributed by atoms with Crippen molar-refractivity contribution in [3.63, 3.8) is 0 Å². The van der Waals surface area contributed by atoms with Crippen molar-refractivity contribution in [1.29, 1.82) is 0 Å². The highest BCUT2D eigenvalue weighted by atomic mass is 35.5. The first-order chi connectivity index (χ1) is 16.9. The van der Waals surface area contributed by atoms with Gasteiger partial charge in [-0.3, -0.25) is 4.79 Å². The molecule has 0 heterocycles. The van der Waals surface area contributed by atoms with Crippen LogP contribution in [0.3, 0.4) is 0 Å². The van der Waals surface area contributed by atoms with Crippen LogP contribution in [0.2, 0.25) is 5.02 Å². The Kier molecular flexibility index (Phi) is 8.59. The van der Waals surface area contributed by atoms with Gasteiger partial charge in [0.2, 0.25) is 15.9 Å². The second-order valence-corrected chi connectivity index (χ2v) is 9.69. The van der Waals surface area contributed by atoms with Crippen LogP contribution in [-0.2, 0) is 27.4 Å². The van der Waals surface area contributed by atoms with Crippen molar-refractivity contribution >= 4 is 33.2 Å². The van der Waals surface area contributed by atoms with E-state index in [4.69, 9.17) is 16.3 Å². The fourth-order valence-corrected chi connectivity index (χ4v) is 4.78. The summed E-state index contributed by atoms with van der Waals surface area (Å²) < 4.78 is 86.5. The van der Waals surface area contributed by atoms with Gasteiger partial charge in [0.05, 0.1) is 22.1 Å². The second kappa shape index (κ2) is 11.3. The van der Waals surface area contributed by atoms with Gasteiger partial charge in [-0.2, -0.15) is 17.9 Å². The molecule has 0 aliphatic rings. The first kappa shape index (κ1) is 27.4. The van der Waals surface area contributed by atoms with E-state index in [2.05, 4.69) is 10.0 Å². The molecular formula is C24H21ClF4N2O4S. The normalized spacial score (nSPS) is 12.7. The maximum absolute atomic E-state index is 13.6. The lowest BCUT2D eigenvalue weighted by atomic mass is 10.1. The summed E-state index contributed by atoms with van der Waals surface area (Å²) in [5.41, 5.74) is -1.33. The summed E-state index contributed by atoms with van der Waals surface area (Å²) in [6.07, 6.45) is -5.10. The summed E-state index contributed by atoms with van der Waals surface area (Å²) in [4.78, 5) is 12.8. The zero-order valence-corrected chi connectivity index (χ0v) is 20.3. The van der Waals surface area contributed by atoms with Crippen LogP contribution in [0.5, 0.6) is 5.75 Å². The molecule has 0 aliphatic carbocycles. The summed E-state index contributed by atoms with van der Waals surface area (Å²) in [6, 6.07) is 12.7. The molecular weight excluding hydrogens is 524 g/mol. The summed E-state index contributed by atoms with van der Waals surface area (Å²) in [5.74, 6) is -2.18. The van der Waals surface area contributed by atoms with E-state index >= 15 is 0 Å². The van der Waals surface area contributed by atoms with E-state index < -0.39 is 39.5 Å². The molecule has 0 unspecified atom stereocenters. The fraction of sp³-hybridized carbons (Fsp3) is 0.208. The number of sulfonamides is 1. The Morgan fingerprint density at radius 2 is 1.75 bits per heavy atom. The van der Waals surface area contributed by atoms with Crippen molar-refractivity contribution in [2.45, 2.75) is 30.5 Å². The Hall–Kier alpha value is -3.15. The fourth-order valence-electron chi connectivity index (χ4n) is 3.26. The van der Waals surface area contributed by atoms with Gasteiger partial charge in [-0.25, -0.2) is 12.8 Å². The Bertz CT molecular complexity index is 1340. The first-order valence-corrected chi connectivity index (χ1v) is 12.4. The molecule has 0 aromatic heterocycles. The molecule has 1 amide bonds. The van der Waals surface area contributed by atoms with Crippen molar-refractivity contribution in [3.05, 3.63) is 88.7 Å². The predicted molar refractivity (Wildman–Crippen MR) is 127 cm³/mol.